The van der Waals surface area contributed by atoms with Gasteiger partial charge in [-0.05, 0) is 26.7 Å². The molecule has 2 aliphatic rings. The van der Waals surface area contributed by atoms with Gasteiger partial charge in [0.2, 0.25) is 0 Å². The molecule has 0 saturated heterocycles. The summed E-state index contributed by atoms with van der Waals surface area (Å²) in [6.45, 7) is 11.4. The molecular weight excluding hydrogens is 560 g/mol. The van der Waals surface area contributed by atoms with Crippen LogP contribution in [0.1, 0.15) is 26.7 Å². The standard InChI is InChI=1S/C13H19NO6.C11H17NO4.C3H6O3/c1-4-9-8-13(9,10(15)19-5-2)11(16)20-7-6-14-12(17)18-3;1-3-8-7-11(8,9(13)15-4-2)10(14)16-6-5-12;1-5-3(4)6-2/h4,9H,1,5-8H2,2-3H3,(H,14,17);3,8H,1,4-7,12H2,2H3;1-2H3. The van der Waals surface area contributed by atoms with Gasteiger partial charge in [-0.2, -0.15) is 0 Å². The zero-order valence-corrected chi connectivity index (χ0v) is 24.8. The lowest BCUT2D eigenvalue weighted by Crippen LogP contribution is -2.34. The highest BCUT2D eigenvalue weighted by atomic mass is 16.7. The van der Waals surface area contributed by atoms with Gasteiger partial charge in [-0.15, -0.1) is 13.2 Å². The van der Waals surface area contributed by atoms with Gasteiger partial charge in [-0.25, -0.2) is 9.59 Å². The highest BCUT2D eigenvalue weighted by Gasteiger charge is 2.67. The van der Waals surface area contributed by atoms with Crippen LogP contribution in [0.4, 0.5) is 9.59 Å². The van der Waals surface area contributed by atoms with E-state index in [4.69, 9.17) is 24.7 Å². The second-order valence-electron chi connectivity index (χ2n) is 8.61. The van der Waals surface area contributed by atoms with Gasteiger partial charge < -0.3 is 44.2 Å². The molecule has 42 heavy (non-hydrogen) atoms. The Kier molecular flexibility index (Phi) is 17.2. The molecule has 0 spiro atoms. The molecule has 0 heterocycles. The van der Waals surface area contributed by atoms with Gasteiger partial charge in [0.25, 0.3) is 0 Å². The summed E-state index contributed by atoms with van der Waals surface area (Å²) < 4.78 is 32.1. The van der Waals surface area contributed by atoms with Gasteiger partial charge >= 0.3 is 36.1 Å². The second-order valence-corrected chi connectivity index (χ2v) is 8.61. The number of hydrogen-bond acceptors (Lipinski definition) is 14. The minimum absolute atomic E-state index is 0.0427. The van der Waals surface area contributed by atoms with Crippen molar-refractivity contribution in [2.24, 2.45) is 28.4 Å². The SMILES string of the molecule is C=CC1CC1(C(=O)OCC)C(=O)OCCN.C=CC1CC1(C(=O)OCC)C(=O)OCCNC(=O)OC.COC(=O)OC. The fourth-order valence-electron chi connectivity index (χ4n) is 3.63. The highest BCUT2D eigenvalue weighted by Crippen LogP contribution is 2.55. The molecule has 0 radical (unpaired) electrons. The van der Waals surface area contributed by atoms with Crippen molar-refractivity contribution in [3.8, 4) is 0 Å². The average Bonchev–Trinajstić information content (AvgIpc) is 3.91. The van der Waals surface area contributed by atoms with Crippen molar-refractivity contribution < 1.29 is 61.9 Å². The molecule has 15 heteroatoms. The van der Waals surface area contributed by atoms with Crippen LogP contribution < -0.4 is 11.1 Å². The third kappa shape index (κ3) is 10.4. The maximum atomic E-state index is 12.0. The molecule has 238 valence electrons. The van der Waals surface area contributed by atoms with Crippen LogP contribution in [0.25, 0.3) is 0 Å². The molecule has 3 N–H and O–H groups in total. The van der Waals surface area contributed by atoms with Crippen molar-refractivity contribution in [3.05, 3.63) is 25.3 Å². The molecule has 0 aliphatic heterocycles. The van der Waals surface area contributed by atoms with Crippen LogP contribution in [0.15, 0.2) is 25.3 Å². The van der Waals surface area contributed by atoms with Crippen LogP contribution in [0.2, 0.25) is 0 Å². The average molecular weight is 603 g/mol. The van der Waals surface area contributed by atoms with Crippen LogP contribution in [-0.2, 0) is 52.3 Å². The molecule has 1 amide bonds. The molecule has 0 aromatic heterocycles. The summed E-state index contributed by atoms with van der Waals surface area (Å²) in [5.74, 6) is -2.76. The predicted octanol–water partition coefficient (Wildman–Crippen LogP) is 1.28. The van der Waals surface area contributed by atoms with E-state index in [1.165, 1.54) is 21.3 Å². The molecule has 0 aromatic rings. The number of carbonyl (C=O) groups is 6. The van der Waals surface area contributed by atoms with Crippen molar-refractivity contribution >= 4 is 36.1 Å². The summed E-state index contributed by atoms with van der Waals surface area (Å²) in [4.78, 5) is 67.9. The van der Waals surface area contributed by atoms with Crippen LogP contribution in [0.5, 0.6) is 0 Å². The van der Waals surface area contributed by atoms with Crippen LogP contribution in [0, 0.1) is 22.7 Å². The Balaban J connectivity index is 0.000000682. The first-order chi connectivity index (χ1) is 20.0. The first-order valence-electron chi connectivity index (χ1n) is 13.0. The van der Waals surface area contributed by atoms with E-state index in [1.54, 1.807) is 26.0 Å². The van der Waals surface area contributed by atoms with Gasteiger partial charge in [0, 0.05) is 18.4 Å². The number of alkyl carbamates (subject to hydrolysis) is 1. The number of ether oxygens (including phenoxy) is 7. The summed E-state index contributed by atoms with van der Waals surface area (Å²) in [6, 6.07) is 0. The molecular formula is C27H42N2O13. The minimum Gasteiger partial charge on any atom is -0.465 e. The largest absolute Gasteiger partial charge is 0.507 e. The maximum Gasteiger partial charge on any atom is 0.507 e. The molecule has 4 unspecified atom stereocenters. The van der Waals surface area contributed by atoms with Crippen molar-refractivity contribution in [1.29, 1.82) is 0 Å². The lowest BCUT2D eigenvalue weighted by Gasteiger charge is -2.14. The van der Waals surface area contributed by atoms with Crippen molar-refractivity contribution in [1.82, 2.24) is 5.32 Å². The Bertz CT molecular complexity index is 964. The Morgan fingerprint density at radius 1 is 0.738 bits per heavy atom. The smallest absolute Gasteiger partial charge is 0.465 e. The maximum absolute atomic E-state index is 12.0. The molecule has 4 atom stereocenters. The minimum atomic E-state index is -1.26. The molecule has 0 aromatic carbocycles. The number of amides is 1. The number of carbonyl (C=O) groups excluding carboxylic acids is 6. The fraction of sp³-hybridized carbons (Fsp3) is 0.630. The van der Waals surface area contributed by atoms with E-state index < -0.39 is 47.0 Å². The summed E-state index contributed by atoms with van der Waals surface area (Å²) >= 11 is 0. The number of esters is 4. The van der Waals surface area contributed by atoms with Crippen LogP contribution >= 0.6 is 0 Å². The number of methoxy groups -OCH3 is 3. The van der Waals surface area contributed by atoms with Gasteiger partial charge in [0.15, 0.2) is 10.8 Å². The Labute approximate surface area is 245 Å². The summed E-state index contributed by atoms with van der Waals surface area (Å²) in [5.41, 5.74) is 2.81. The van der Waals surface area contributed by atoms with Gasteiger partial charge in [-0.3, -0.25) is 19.2 Å². The fourth-order valence-corrected chi connectivity index (χ4v) is 3.63. The lowest BCUT2D eigenvalue weighted by molar-refractivity contribution is -0.166. The topological polar surface area (TPSA) is 205 Å². The van der Waals surface area contributed by atoms with Crippen molar-refractivity contribution in [2.45, 2.75) is 26.7 Å². The van der Waals surface area contributed by atoms with E-state index in [0.717, 1.165) is 0 Å². The third-order valence-electron chi connectivity index (χ3n) is 6.08. The molecule has 2 fully saturated rings. The summed E-state index contributed by atoms with van der Waals surface area (Å²) in [5, 5.41) is 2.36. The summed E-state index contributed by atoms with van der Waals surface area (Å²) in [6.07, 6.45) is 2.62. The molecule has 15 nitrogen and oxygen atoms in total. The first-order valence-corrected chi connectivity index (χ1v) is 13.0. The van der Waals surface area contributed by atoms with Gasteiger partial charge in [-0.1, -0.05) is 12.2 Å². The molecule has 2 rings (SSSR count). The number of allylic oxidation sites excluding steroid dienone is 2. The van der Waals surface area contributed by atoms with Crippen molar-refractivity contribution in [2.75, 3.05) is 60.8 Å². The number of nitrogens with two attached hydrogens (primary N) is 1. The predicted molar refractivity (Wildman–Crippen MR) is 146 cm³/mol. The second kappa shape index (κ2) is 19.1. The van der Waals surface area contributed by atoms with E-state index >= 15 is 0 Å². The van der Waals surface area contributed by atoms with E-state index in [2.05, 4.69) is 32.7 Å². The zero-order valence-electron chi connectivity index (χ0n) is 24.8. The monoisotopic (exact) mass is 602 g/mol. The van der Waals surface area contributed by atoms with Crippen molar-refractivity contribution in [3.63, 3.8) is 0 Å². The Morgan fingerprint density at radius 2 is 1.14 bits per heavy atom. The highest BCUT2D eigenvalue weighted by molar-refractivity contribution is 6.05. The number of nitrogens with one attached hydrogen (secondary N) is 1. The van der Waals surface area contributed by atoms with E-state index in [1.807, 2.05) is 0 Å². The van der Waals surface area contributed by atoms with Gasteiger partial charge in [0.1, 0.15) is 13.2 Å². The van der Waals surface area contributed by atoms with E-state index in [9.17, 15) is 28.8 Å². The number of rotatable bonds is 13. The normalized spacial score (nSPS) is 22.4. The van der Waals surface area contributed by atoms with Gasteiger partial charge in [0.05, 0.1) is 41.1 Å². The molecule has 2 saturated carbocycles. The van der Waals surface area contributed by atoms with E-state index in [-0.39, 0.29) is 51.4 Å². The number of hydrogen-bond donors (Lipinski definition) is 2. The van der Waals surface area contributed by atoms with Crippen LogP contribution in [0.3, 0.4) is 0 Å². The Morgan fingerprint density at radius 3 is 1.43 bits per heavy atom. The lowest BCUT2D eigenvalue weighted by atomic mass is 10.0. The Hall–Kier alpha value is -4.14. The van der Waals surface area contributed by atoms with E-state index in [0.29, 0.717) is 12.8 Å². The first kappa shape index (κ1) is 37.9. The quantitative estimate of drug-likeness (QED) is 0.100. The molecule has 2 aliphatic carbocycles. The summed E-state index contributed by atoms with van der Waals surface area (Å²) in [7, 11) is 3.74. The third-order valence-corrected chi connectivity index (χ3v) is 6.08. The molecule has 0 bridgehead atoms. The zero-order chi connectivity index (χ0) is 32.3. The van der Waals surface area contributed by atoms with Crippen LogP contribution in [-0.4, -0.2) is 97.0 Å².